The highest BCUT2D eigenvalue weighted by molar-refractivity contribution is 7.97. The molecule has 2 aromatic heterocycles. The molecule has 1 N–H and O–H groups in total. The molecular formula is C19H22N6O3S. The third kappa shape index (κ3) is 4.13. The van der Waals surface area contributed by atoms with E-state index in [-0.39, 0.29) is 0 Å². The summed E-state index contributed by atoms with van der Waals surface area (Å²) in [7, 11) is 1.33. The van der Waals surface area contributed by atoms with Crippen molar-refractivity contribution in [3.05, 3.63) is 30.5 Å². The van der Waals surface area contributed by atoms with Gasteiger partial charge in [-0.05, 0) is 18.4 Å². The van der Waals surface area contributed by atoms with Crippen LogP contribution in [-0.4, -0.2) is 65.5 Å². The van der Waals surface area contributed by atoms with E-state index < -0.39 is 6.09 Å². The van der Waals surface area contributed by atoms with Gasteiger partial charge in [0.15, 0.2) is 5.65 Å². The van der Waals surface area contributed by atoms with Gasteiger partial charge in [-0.1, -0.05) is 12.1 Å². The molecular weight excluding hydrogens is 392 g/mol. The lowest BCUT2D eigenvalue weighted by molar-refractivity contribution is 0.122. The van der Waals surface area contributed by atoms with Gasteiger partial charge in [0.25, 0.3) is 0 Å². The van der Waals surface area contributed by atoms with E-state index in [1.54, 1.807) is 11.8 Å². The van der Waals surface area contributed by atoms with Crippen molar-refractivity contribution in [1.82, 2.24) is 19.7 Å². The van der Waals surface area contributed by atoms with Gasteiger partial charge in [0.2, 0.25) is 5.95 Å². The van der Waals surface area contributed by atoms with E-state index in [4.69, 9.17) is 14.7 Å². The summed E-state index contributed by atoms with van der Waals surface area (Å²) in [6, 6.07) is 7.48. The van der Waals surface area contributed by atoms with Crippen LogP contribution < -0.4 is 10.2 Å². The third-order valence-electron chi connectivity index (χ3n) is 4.62. The van der Waals surface area contributed by atoms with Gasteiger partial charge in [-0.2, -0.15) is 10.1 Å². The molecule has 1 aliphatic rings. The molecule has 29 heavy (non-hydrogen) atoms. The fourth-order valence-electron chi connectivity index (χ4n) is 3.17. The zero-order chi connectivity index (χ0) is 20.2. The number of nitrogens with one attached hydrogen (secondary N) is 1. The average Bonchev–Trinajstić information content (AvgIpc) is 3.17. The number of fused-ring (bicyclic) bond motifs is 1. The van der Waals surface area contributed by atoms with Crippen LogP contribution in [0.15, 0.2) is 30.5 Å². The zero-order valence-electron chi connectivity index (χ0n) is 16.3. The maximum Gasteiger partial charge on any atom is 0.411 e. The SMILES string of the molecule is COC(=O)Nc1ccc(-c2nc(N3CCOCC3)nc3c2cnn3CSC)cc1. The summed E-state index contributed by atoms with van der Waals surface area (Å²) < 4.78 is 12.0. The normalized spacial score (nSPS) is 14.2. The molecule has 0 aliphatic carbocycles. The standard InChI is InChI=1S/C19H22N6O3S/c1-27-19(26)21-14-5-3-13(4-6-14)16-15-11-20-25(12-29-2)17(15)23-18(22-16)24-7-9-28-10-8-24/h3-6,11H,7-10,12H2,1-2H3,(H,21,26). The van der Waals surface area contributed by atoms with Gasteiger partial charge in [0.05, 0.1) is 43.5 Å². The smallest absolute Gasteiger partial charge is 0.411 e. The van der Waals surface area contributed by atoms with Crippen molar-refractivity contribution in [2.75, 3.05) is 49.9 Å². The number of rotatable bonds is 5. The number of carbonyl (C=O) groups is 1. The highest BCUT2D eigenvalue weighted by Crippen LogP contribution is 2.30. The molecule has 1 amide bonds. The van der Waals surface area contributed by atoms with Crippen molar-refractivity contribution in [3.63, 3.8) is 0 Å². The minimum atomic E-state index is -0.505. The largest absolute Gasteiger partial charge is 0.453 e. The van der Waals surface area contributed by atoms with Gasteiger partial charge >= 0.3 is 6.09 Å². The molecule has 1 fully saturated rings. The Hall–Kier alpha value is -2.85. The number of amides is 1. The quantitative estimate of drug-likeness (QED) is 0.681. The van der Waals surface area contributed by atoms with Crippen molar-refractivity contribution in [3.8, 4) is 11.3 Å². The Kier molecular flexibility index (Phi) is 5.81. The summed E-state index contributed by atoms with van der Waals surface area (Å²) in [5.74, 6) is 1.39. The number of morpholine rings is 1. The van der Waals surface area contributed by atoms with Gasteiger partial charge in [-0.3, -0.25) is 5.32 Å². The Labute approximate surface area is 172 Å². The summed E-state index contributed by atoms with van der Waals surface area (Å²) in [6.07, 6.45) is 3.34. The van der Waals surface area contributed by atoms with Crippen LogP contribution in [0.25, 0.3) is 22.3 Å². The first-order chi connectivity index (χ1) is 14.2. The number of thioether (sulfide) groups is 1. The first kappa shape index (κ1) is 19.5. The fourth-order valence-corrected chi connectivity index (χ4v) is 3.60. The molecule has 9 nitrogen and oxygen atoms in total. The molecule has 10 heteroatoms. The minimum Gasteiger partial charge on any atom is -0.453 e. The highest BCUT2D eigenvalue weighted by Gasteiger charge is 2.19. The molecule has 0 atom stereocenters. The number of carbonyl (C=O) groups excluding carboxylic acids is 1. The van der Waals surface area contributed by atoms with Crippen molar-refractivity contribution in [1.29, 1.82) is 0 Å². The minimum absolute atomic E-state index is 0.505. The maximum atomic E-state index is 11.4. The van der Waals surface area contributed by atoms with E-state index in [1.807, 2.05) is 41.4 Å². The molecule has 3 heterocycles. The van der Waals surface area contributed by atoms with Gasteiger partial charge in [0, 0.05) is 24.3 Å². The Bertz CT molecular complexity index is 1000. The van der Waals surface area contributed by atoms with Gasteiger partial charge in [-0.15, -0.1) is 11.8 Å². The summed E-state index contributed by atoms with van der Waals surface area (Å²) in [6.45, 7) is 2.83. The fraction of sp³-hybridized carbons (Fsp3) is 0.368. The number of aromatic nitrogens is 4. The van der Waals surface area contributed by atoms with E-state index in [0.717, 1.165) is 35.4 Å². The van der Waals surface area contributed by atoms with Crippen molar-refractivity contribution < 1.29 is 14.3 Å². The molecule has 1 aromatic carbocycles. The molecule has 1 saturated heterocycles. The second-order valence-corrected chi connectivity index (χ2v) is 7.30. The summed E-state index contributed by atoms with van der Waals surface area (Å²) in [4.78, 5) is 23.2. The molecule has 152 valence electrons. The van der Waals surface area contributed by atoms with E-state index in [2.05, 4.69) is 20.1 Å². The predicted molar refractivity (Wildman–Crippen MR) is 113 cm³/mol. The van der Waals surface area contributed by atoms with Gasteiger partial charge in [0.1, 0.15) is 0 Å². The predicted octanol–water partition coefficient (Wildman–Crippen LogP) is 2.83. The number of benzene rings is 1. The molecule has 1 aliphatic heterocycles. The zero-order valence-corrected chi connectivity index (χ0v) is 17.1. The average molecular weight is 414 g/mol. The molecule has 0 radical (unpaired) electrons. The lowest BCUT2D eigenvalue weighted by Gasteiger charge is -2.27. The number of nitrogens with zero attached hydrogens (tertiary/aromatic N) is 5. The Morgan fingerprint density at radius 1 is 1.24 bits per heavy atom. The number of hydrogen-bond donors (Lipinski definition) is 1. The van der Waals surface area contributed by atoms with Crippen LogP contribution in [0.4, 0.5) is 16.4 Å². The van der Waals surface area contributed by atoms with Crippen LogP contribution in [0.3, 0.4) is 0 Å². The van der Waals surface area contributed by atoms with Crippen LogP contribution in [-0.2, 0) is 15.4 Å². The van der Waals surface area contributed by atoms with E-state index in [1.165, 1.54) is 7.11 Å². The van der Waals surface area contributed by atoms with Gasteiger partial charge < -0.3 is 14.4 Å². The molecule has 0 saturated carbocycles. The molecule has 0 bridgehead atoms. The van der Waals surface area contributed by atoms with Crippen LogP contribution >= 0.6 is 11.8 Å². The van der Waals surface area contributed by atoms with Crippen molar-refractivity contribution in [2.24, 2.45) is 0 Å². The number of ether oxygens (including phenoxy) is 2. The first-order valence-electron chi connectivity index (χ1n) is 9.20. The maximum absolute atomic E-state index is 11.4. The van der Waals surface area contributed by atoms with Crippen molar-refractivity contribution >= 4 is 40.5 Å². The van der Waals surface area contributed by atoms with E-state index in [0.29, 0.717) is 30.7 Å². The van der Waals surface area contributed by atoms with Crippen LogP contribution in [0, 0.1) is 0 Å². The highest BCUT2D eigenvalue weighted by atomic mass is 32.2. The second-order valence-electron chi connectivity index (χ2n) is 6.46. The van der Waals surface area contributed by atoms with Crippen LogP contribution in [0.1, 0.15) is 0 Å². The number of methoxy groups -OCH3 is 1. The third-order valence-corrected chi connectivity index (χ3v) is 5.12. The summed E-state index contributed by atoms with van der Waals surface area (Å²) in [5.41, 5.74) is 3.19. The van der Waals surface area contributed by atoms with Crippen LogP contribution in [0.2, 0.25) is 0 Å². The topological polar surface area (TPSA) is 94.4 Å². The Morgan fingerprint density at radius 2 is 2.00 bits per heavy atom. The molecule has 0 spiro atoms. The number of anilines is 2. The summed E-state index contributed by atoms with van der Waals surface area (Å²) in [5, 5.41) is 8.05. The monoisotopic (exact) mass is 414 g/mol. The van der Waals surface area contributed by atoms with E-state index in [9.17, 15) is 4.79 Å². The van der Waals surface area contributed by atoms with Crippen molar-refractivity contribution in [2.45, 2.75) is 5.88 Å². The Morgan fingerprint density at radius 3 is 2.69 bits per heavy atom. The molecule has 4 rings (SSSR count). The second kappa shape index (κ2) is 8.66. The lowest BCUT2D eigenvalue weighted by atomic mass is 10.1. The van der Waals surface area contributed by atoms with E-state index >= 15 is 0 Å². The first-order valence-corrected chi connectivity index (χ1v) is 10.6. The number of hydrogen-bond acceptors (Lipinski definition) is 8. The van der Waals surface area contributed by atoms with Crippen LogP contribution in [0.5, 0.6) is 0 Å². The summed E-state index contributed by atoms with van der Waals surface area (Å²) >= 11 is 1.68. The van der Waals surface area contributed by atoms with Gasteiger partial charge in [-0.25, -0.2) is 14.5 Å². The lowest BCUT2D eigenvalue weighted by Crippen LogP contribution is -2.37. The Balaban J connectivity index is 1.76. The molecule has 0 unspecified atom stereocenters. The molecule has 3 aromatic rings.